The summed E-state index contributed by atoms with van der Waals surface area (Å²) in [6, 6.07) is 0. The summed E-state index contributed by atoms with van der Waals surface area (Å²) in [5.74, 6) is -0.257. The van der Waals surface area contributed by atoms with Crippen LogP contribution in [0.4, 0.5) is 0 Å². The standard InChI is InChI=1S/C17H34O4/c1-3-5-6-7-8-9-10-11-13-20-15-16(14-18)21-17(19)12-4-2/h16,18H,3-15H2,1-2H3. The normalized spacial score (nSPS) is 12.3. The maximum absolute atomic E-state index is 11.3. The van der Waals surface area contributed by atoms with Crippen molar-refractivity contribution in [1.82, 2.24) is 0 Å². The number of carbonyl (C=O) groups is 1. The number of unbranched alkanes of at least 4 members (excludes halogenated alkanes) is 7. The van der Waals surface area contributed by atoms with Gasteiger partial charge in [0.15, 0.2) is 0 Å². The second-order valence-corrected chi connectivity index (χ2v) is 5.59. The lowest BCUT2D eigenvalue weighted by molar-refractivity contribution is -0.154. The lowest BCUT2D eigenvalue weighted by Crippen LogP contribution is -2.27. The summed E-state index contributed by atoms with van der Waals surface area (Å²) in [6.07, 6.45) is 10.8. The van der Waals surface area contributed by atoms with E-state index in [4.69, 9.17) is 14.6 Å². The molecule has 0 fully saturated rings. The Bertz CT molecular complexity index is 231. The van der Waals surface area contributed by atoms with Gasteiger partial charge in [0.05, 0.1) is 13.2 Å². The Balaban J connectivity index is 3.37. The number of carbonyl (C=O) groups excluding carboxylic acids is 1. The smallest absolute Gasteiger partial charge is 0.306 e. The number of ether oxygens (including phenoxy) is 2. The molecule has 0 rings (SSSR count). The summed E-state index contributed by atoms with van der Waals surface area (Å²) in [7, 11) is 0. The Hall–Kier alpha value is -0.610. The van der Waals surface area contributed by atoms with Crippen LogP contribution in [0.5, 0.6) is 0 Å². The van der Waals surface area contributed by atoms with E-state index in [0.717, 1.165) is 12.8 Å². The van der Waals surface area contributed by atoms with Gasteiger partial charge in [-0.3, -0.25) is 4.79 Å². The van der Waals surface area contributed by atoms with E-state index in [2.05, 4.69) is 6.92 Å². The van der Waals surface area contributed by atoms with Crippen molar-refractivity contribution in [1.29, 1.82) is 0 Å². The van der Waals surface area contributed by atoms with Crippen LogP contribution >= 0.6 is 0 Å². The van der Waals surface area contributed by atoms with E-state index in [-0.39, 0.29) is 12.6 Å². The summed E-state index contributed by atoms with van der Waals surface area (Å²) in [5, 5.41) is 9.13. The molecule has 0 saturated carbocycles. The Morgan fingerprint density at radius 3 is 2.14 bits per heavy atom. The summed E-state index contributed by atoms with van der Waals surface area (Å²) in [6.45, 7) is 4.95. The van der Waals surface area contributed by atoms with Gasteiger partial charge in [-0.1, -0.05) is 58.8 Å². The van der Waals surface area contributed by atoms with Gasteiger partial charge in [0.1, 0.15) is 6.10 Å². The van der Waals surface area contributed by atoms with Crippen LogP contribution < -0.4 is 0 Å². The maximum Gasteiger partial charge on any atom is 0.306 e. The molecule has 0 spiro atoms. The third-order valence-electron chi connectivity index (χ3n) is 3.40. The molecule has 126 valence electrons. The van der Waals surface area contributed by atoms with Crippen molar-refractivity contribution < 1.29 is 19.4 Å². The number of aliphatic hydroxyl groups excluding tert-OH is 1. The molecule has 0 aliphatic rings. The Labute approximate surface area is 130 Å². The third-order valence-corrected chi connectivity index (χ3v) is 3.40. The first-order valence-electron chi connectivity index (χ1n) is 8.62. The maximum atomic E-state index is 11.3. The molecule has 1 unspecified atom stereocenters. The fourth-order valence-electron chi connectivity index (χ4n) is 2.13. The lowest BCUT2D eigenvalue weighted by Gasteiger charge is -2.15. The quantitative estimate of drug-likeness (QED) is 0.369. The summed E-state index contributed by atoms with van der Waals surface area (Å²) >= 11 is 0. The van der Waals surface area contributed by atoms with Crippen LogP contribution in [0.25, 0.3) is 0 Å². The van der Waals surface area contributed by atoms with Gasteiger partial charge in [-0.25, -0.2) is 0 Å². The van der Waals surface area contributed by atoms with Gasteiger partial charge in [0.25, 0.3) is 0 Å². The molecule has 0 aliphatic heterocycles. The van der Waals surface area contributed by atoms with Crippen LogP contribution in [-0.2, 0) is 14.3 Å². The molecule has 0 saturated heterocycles. The molecule has 0 aromatic carbocycles. The molecule has 0 aromatic rings. The minimum Gasteiger partial charge on any atom is -0.457 e. The molecule has 0 aromatic heterocycles. The van der Waals surface area contributed by atoms with Gasteiger partial charge in [0.2, 0.25) is 0 Å². The first-order valence-corrected chi connectivity index (χ1v) is 8.62. The molecule has 1 N–H and O–H groups in total. The van der Waals surface area contributed by atoms with Gasteiger partial charge in [-0.05, 0) is 12.8 Å². The van der Waals surface area contributed by atoms with Crippen LogP contribution in [0.1, 0.15) is 78.1 Å². The van der Waals surface area contributed by atoms with Crippen LogP contribution in [0.2, 0.25) is 0 Å². The van der Waals surface area contributed by atoms with Gasteiger partial charge in [0, 0.05) is 13.0 Å². The van der Waals surface area contributed by atoms with E-state index in [9.17, 15) is 4.79 Å². The van der Waals surface area contributed by atoms with E-state index in [0.29, 0.717) is 19.6 Å². The van der Waals surface area contributed by atoms with E-state index in [1.54, 1.807) is 0 Å². The molecule has 4 heteroatoms. The summed E-state index contributed by atoms with van der Waals surface area (Å²) in [5.41, 5.74) is 0. The predicted octanol–water partition coefficient (Wildman–Crippen LogP) is 3.85. The molecule has 0 bridgehead atoms. The van der Waals surface area contributed by atoms with Gasteiger partial charge >= 0.3 is 5.97 Å². The third kappa shape index (κ3) is 14.1. The average Bonchev–Trinajstić information content (AvgIpc) is 2.48. The highest BCUT2D eigenvalue weighted by Crippen LogP contribution is 2.08. The monoisotopic (exact) mass is 302 g/mol. The molecule has 1 atom stereocenters. The highest BCUT2D eigenvalue weighted by molar-refractivity contribution is 5.69. The van der Waals surface area contributed by atoms with Crippen molar-refractivity contribution >= 4 is 5.97 Å². The molecular formula is C17H34O4. The number of hydrogen-bond donors (Lipinski definition) is 1. The van der Waals surface area contributed by atoms with Gasteiger partial charge in [-0.15, -0.1) is 0 Å². The van der Waals surface area contributed by atoms with Crippen LogP contribution in [0.3, 0.4) is 0 Å². The first kappa shape index (κ1) is 20.4. The molecule has 0 heterocycles. The number of rotatable bonds is 15. The predicted molar refractivity (Wildman–Crippen MR) is 85.3 cm³/mol. The van der Waals surface area contributed by atoms with E-state index >= 15 is 0 Å². The fourth-order valence-corrected chi connectivity index (χ4v) is 2.13. The molecular weight excluding hydrogens is 268 g/mol. The number of aliphatic hydroxyl groups is 1. The van der Waals surface area contributed by atoms with Crippen molar-refractivity contribution in [3.05, 3.63) is 0 Å². The zero-order valence-electron chi connectivity index (χ0n) is 13.9. The van der Waals surface area contributed by atoms with Crippen molar-refractivity contribution in [2.75, 3.05) is 19.8 Å². The van der Waals surface area contributed by atoms with Crippen LogP contribution in [-0.4, -0.2) is 37.0 Å². The Kier molecular flexibility index (Phi) is 15.3. The Morgan fingerprint density at radius 2 is 1.57 bits per heavy atom. The molecule has 4 nitrogen and oxygen atoms in total. The largest absolute Gasteiger partial charge is 0.457 e. The van der Waals surface area contributed by atoms with Crippen LogP contribution in [0, 0.1) is 0 Å². The lowest BCUT2D eigenvalue weighted by atomic mass is 10.1. The number of hydrogen-bond acceptors (Lipinski definition) is 4. The SMILES string of the molecule is CCCCCCCCCCOCC(CO)OC(=O)CCC. The fraction of sp³-hybridized carbons (Fsp3) is 0.941. The Morgan fingerprint density at radius 1 is 0.952 bits per heavy atom. The second kappa shape index (κ2) is 15.8. The van der Waals surface area contributed by atoms with E-state index < -0.39 is 6.10 Å². The van der Waals surface area contributed by atoms with Gasteiger partial charge < -0.3 is 14.6 Å². The number of esters is 1. The van der Waals surface area contributed by atoms with E-state index in [1.165, 1.54) is 44.9 Å². The molecule has 21 heavy (non-hydrogen) atoms. The van der Waals surface area contributed by atoms with Crippen molar-refractivity contribution in [3.63, 3.8) is 0 Å². The summed E-state index contributed by atoms with van der Waals surface area (Å²) < 4.78 is 10.6. The minimum absolute atomic E-state index is 0.174. The zero-order valence-corrected chi connectivity index (χ0v) is 13.9. The minimum atomic E-state index is -0.516. The van der Waals surface area contributed by atoms with Gasteiger partial charge in [-0.2, -0.15) is 0 Å². The molecule has 0 radical (unpaired) electrons. The van der Waals surface area contributed by atoms with Crippen LogP contribution in [0.15, 0.2) is 0 Å². The van der Waals surface area contributed by atoms with E-state index in [1.807, 2.05) is 6.92 Å². The van der Waals surface area contributed by atoms with Crippen molar-refractivity contribution in [3.8, 4) is 0 Å². The second-order valence-electron chi connectivity index (χ2n) is 5.59. The summed E-state index contributed by atoms with van der Waals surface area (Å²) in [4.78, 5) is 11.3. The first-order chi connectivity index (χ1) is 10.2. The molecule has 0 aliphatic carbocycles. The zero-order chi connectivity index (χ0) is 15.8. The van der Waals surface area contributed by atoms with Crippen molar-refractivity contribution in [2.45, 2.75) is 84.2 Å². The average molecular weight is 302 g/mol. The molecule has 0 amide bonds. The highest BCUT2D eigenvalue weighted by atomic mass is 16.6. The van der Waals surface area contributed by atoms with Crippen molar-refractivity contribution in [2.24, 2.45) is 0 Å². The highest BCUT2D eigenvalue weighted by Gasteiger charge is 2.12. The topological polar surface area (TPSA) is 55.8 Å².